The molecule has 0 spiro atoms. The fraction of sp³-hybridized carbons (Fsp3) is 0.545. The number of rotatable bonds is 2. The van der Waals surface area contributed by atoms with Gasteiger partial charge in [-0.15, -0.1) is 0 Å². The minimum Gasteiger partial charge on any atom is -0.394 e. The summed E-state index contributed by atoms with van der Waals surface area (Å²) in [6.07, 6.45) is -2.50. The lowest BCUT2D eigenvalue weighted by molar-refractivity contribution is -0.0464. The number of ether oxygens (including phenoxy) is 1. The molecule has 110 valence electrons. The molecule has 20 heavy (non-hydrogen) atoms. The van der Waals surface area contributed by atoms with Crippen LogP contribution in [0.25, 0.3) is 0 Å². The normalized spacial score (nSPS) is 36.0. The SMILES string of the molecule is NC1N=CNc2c1c(Br)cn2[C@@H]1O[C@H](CO)[C@H](O)C1F. The summed E-state index contributed by atoms with van der Waals surface area (Å²) in [6, 6.07) is 0. The van der Waals surface area contributed by atoms with Crippen LogP contribution in [-0.4, -0.2) is 46.1 Å². The van der Waals surface area contributed by atoms with Crippen molar-refractivity contribution < 1.29 is 19.3 Å². The van der Waals surface area contributed by atoms with Crippen LogP contribution in [0, 0.1) is 0 Å². The van der Waals surface area contributed by atoms with Crippen LogP contribution < -0.4 is 11.1 Å². The van der Waals surface area contributed by atoms with Crippen LogP contribution in [0.3, 0.4) is 0 Å². The maximum atomic E-state index is 14.2. The first kappa shape index (κ1) is 14.0. The largest absolute Gasteiger partial charge is 0.394 e. The van der Waals surface area contributed by atoms with Gasteiger partial charge in [0.05, 0.1) is 12.9 Å². The van der Waals surface area contributed by atoms with Gasteiger partial charge in [0.1, 0.15) is 24.2 Å². The molecule has 0 amide bonds. The molecule has 5 N–H and O–H groups in total. The number of aliphatic hydroxyl groups excluding tert-OH is 2. The molecule has 7 nitrogen and oxygen atoms in total. The number of fused-ring (bicyclic) bond motifs is 1. The van der Waals surface area contributed by atoms with Crippen LogP contribution in [0.15, 0.2) is 15.7 Å². The summed E-state index contributed by atoms with van der Waals surface area (Å²) in [5.74, 6) is 0.554. The first-order chi connectivity index (χ1) is 9.54. The van der Waals surface area contributed by atoms with E-state index in [1.165, 1.54) is 10.9 Å². The number of nitrogens with two attached hydrogens (primary N) is 1. The van der Waals surface area contributed by atoms with Gasteiger partial charge in [-0.1, -0.05) is 0 Å². The molecule has 2 aliphatic rings. The van der Waals surface area contributed by atoms with Crippen LogP contribution >= 0.6 is 15.9 Å². The van der Waals surface area contributed by atoms with E-state index in [4.69, 9.17) is 15.6 Å². The summed E-state index contributed by atoms with van der Waals surface area (Å²) in [4.78, 5) is 4.01. The minimum atomic E-state index is -1.65. The van der Waals surface area contributed by atoms with Crippen LogP contribution in [0.2, 0.25) is 0 Å². The number of hydrogen-bond donors (Lipinski definition) is 4. The van der Waals surface area contributed by atoms with Crippen molar-refractivity contribution in [3.05, 3.63) is 16.2 Å². The van der Waals surface area contributed by atoms with E-state index < -0.39 is 37.4 Å². The number of aromatic nitrogens is 1. The van der Waals surface area contributed by atoms with Crippen molar-refractivity contribution in [2.45, 2.75) is 30.8 Å². The average Bonchev–Trinajstić information content (AvgIpc) is 2.90. The molecule has 2 unspecified atom stereocenters. The number of halogens is 2. The van der Waals surface area contributed by atoms with Crippen molar-refractivity contribution in [3.8, 4) is 0 Å². The fourth-order valence-electron chi connectivity index (χ4n) is 2.47. The topological polar surface area (TPSA) is 105 Å². The number of aliphatic hydroxyl groups is 2. The van der Waals surface area contributed by atoms with Crippen LogP contribution in [-0.2, 0) is 4.74 Å². The Morgan fingerprint density at radius 1 is 1.60 bits per heavy atom. The molecule has 1 aromatic heterocycles. The molecule has 2 aliphatic heterocycles. The molecule has 0 radical (unpaired) electrons. The van der Waals surface area contributed by atoms with Gasteiger partial charge in [-0.3, -0.25) is 4.99 Å². The smallest absolute Gasteiger partial charge is 0.173 e. The molecule has 0 saturated carbocycles. The average molecular weight is 349 g/mol. The van der Waals surface area contributed by atoms with Crippen molar-refractivity contribution in [1.82, 2.24) is 4.57 Å². The second kappa shape index (κ2) is 5.08. The lowest BCUT2D eigenvalue weighted by Gasteiger charge is -2.21. The Labute approximate surface area is 122 Å². The Hall–Kier alpha value is -1.00. The summed E-state index contributed by atoms with van der Waals surface area (Å²) in [7, 11) is 0. The number of alkyl halides is 1. The zero-order valence-electron chi connectivity index (χ0n) is 10.3. The Morgan fingerprint density at radius 3 is 3.00 bits per heavy atom. The van der Waals surface area contributed by atoms with Crippen molar-refractivity contribution in [2.24, 2.45) is 10.7 Å². The molecule has 1 saturated heterocycles. The number of anilines is 1. The molecule has 9 heteroatoms. The van der Waals surface area contributed by atoms with E-state index >= 15 is 0 Å². The van der Waals surface area contributed by atoms with Gasteiger partial charge in [-0.05, 0) is 15.9 Å². The first-order valence-corrected chi connectivity index (χ1v) is 6.86. The third kappa shape index (κ3) is 1.97. The number of hydrogen-bond acceptors (Lipinski definition) is 6. The summed E-state index contributed by atoms with van der Waals surface area (Å²) in [5.41, 5.74) is 6.55. The zero-order chi connectivity index (χ0) is 14.4. The molecule has 1 aromatic rings. The van der Waals surface area contributed by atoms with Gasteiger partial charge < -0.3 is 30.6 Å². The van der Waals surface area contributed by atoms with Crippen LogP contribution in [0.1, 0.15) is 18.0 Å². The highest BCUT2D eigenvalue weighted by Crippen LogP contribution is 2.40. The van der Waals surface area contributed by atoms with Gasteiger partial charge in [0.15, 0.2) is 12.4 Å². The molecular formula is C11H14BrFN4O3. The summed E-state index contributed by atoms with van der Waals surface area (Å²) in [5, 5.41) is 21.7. The summed E-state index contributed by atoms with van der Waals surface area (Å²) < 4.78 is 21.7. The maximum Gasteiger partial charge on any atom is 0.173 e. The van der Waals surface area contributed by atoms with Crippen molar-refractivity contribution in [2.75, 3.05) is 11.9 Å². The van der Waals surface area contributed by atoms with Crippen molar-refractivity contribution >= 4 is 28.1 Å². The quantitative estimate of drug-likeness (QED) is 0.613. The maximum absolute atomic E-state index is 14.2. The molecule has 5 atom stereocenters. The molecule has 0 aliphatic carbocycles. The van der Waals surface area contributed by atoms with Gasteiger partial charge in [0.25, 0.3) is 0 Å². The van der Waals surface area contributed by atoms with Gasteiger partial charge in [-0.2, -0.15) is 0 Å². The lowest BCUT2D eigenvalue weighted by Crippen LogP contribution is -2.30. The number of aliphatic imine (C=N–C) groups is 1. The van der Waals surface area contributed by atoms with E-state index in [-0.39, 0.29) is 0 Å². The predicted octanol–water partition coefficient (Wildman–Crippen LogP) is 0.250. The first-order valence-electron chi connectivity index (χ1n) is 6.07. The molecular weight excluding hydrogens is 335 g/mol. The molecule has 0 bridgehead atoms. The van der Waals surface area contributed by atoms with Gasteiger partial charge in [0.2, 0.25) is 0 Å². The molecule has 1 fully saturated rings. The number of nitrogens with zero attached hydrogens (tertiary/aromatic N) is 2. The van der Waals surface area contributed by atoms with Crippen molar-refractivity contribution in [1.29, 1.82) is 0 Å². The summed E-state index contributed by atoms with van der Waals surface area (Å²) >= 11 is 3.35. The Balaban J connectivity index is 1.99. The summed E-state index contributed by atoms with van der Waals surface area (Å²) in [6.45, 7) is -0.447. The second-order valence-corrected chi connectivity index (χ2v) is 5.55. The highest BCUT2D eigenvalue weighted by Gasteiger charge is 2.46. The molecule has 0 aromatic carbocycles. The number of nitrogens with one attached hydrogen (secondary N) is 1. The third-order valence-corrected chi connectivity index (χ3v) is 4.14. The van der Waals surface area contributed by atoms with Crippen LogP contribution in [0.5, 0.6) is 0 Å². The van der Waals surface area contributed by atoms with Gasteiger partial charge in [0, 0.05) is 16.2 Å². The van der Waals surface area contributed by atoms with E-state index in [2.05, 4.69) is 26.2 Å². The second-order valence-electron chi connectivity index (χ2n) is 4.70. The highest BCUT2D eigenvalue weighted by atomic mass is 79.9. The van der Waals surface area contributed by atoms with E-state index in [1.807, 2.05) is 0 Å². The minimum absolute atomic E-state index is 0.447. The lowest BCUT2D eigenvalue weighted by atomic mass is 10.1. The molecule has 3 rings (SSSR count). The Morgan fingerprint density at radius 2 is 2.35 bits per heavy atom. The highest BCUT2D eigenvalue weighted by molar-refractivity contribution is 9.10. The Bertz CT molecular complexity index is 552. The zero-order valence-corrected chi connectivity index (χ0v) is 11.9. The fourth-order valence-corrected chi connectivity index (χ4v) is 3.12. The van der Waals surface area contributed by atoms with E-state index in [0.29, 0.717) is 15.9 Å². The van der Waals surface area contributed by atoms with E-state index in [9.17, 15) is 9.50 Å². The Kier molecular flexibility index (Phi) is 3.55. The van der Waals surface area contributed by atoms with Gasteiger partial charge >= 0.3 is 0 Å². The predicted molar refractivity (Wildman–Crippen MR) is 73.1 cm³/mol. The van der Waals surface area contributed by atoms with E-state index in [1.54, 1.807) is 6.20 Å². The monoisotopic (exact) mass is 348 g/mol. The van der Waals surface area contributed by atoms with E-state index in [0.717, 1.165) is 0 Å². The standard InChI is InChI=1S/C11H14BrFN4O3/c12-4-1-17(10-6(4)9(14)15-3-16-10)11-7(13)8(19)5(2-18)20-11/h1,3,5,7-9,11,18-19H,2,14H2,(H,15,16)/t5-,7?,8+,9?,11-/m1/s1. The van der Waals surface area contributed by atoms with Crippen LogP contribution in [0.4, 0.5) is 10.2 Å². The van der Waals surface area contributed by atoms with Crippen molar-refractivity contribution in [3.63, 3.8) is 0 Å². The molecule has 3 heterocycles. The third-order valence-electron chi connectivity index (χ3n) is 3.50. The van der Waals surface area contributed by atoms with Gasteiger partial charge in [-0.25, -0.2) is 4.39 Å².